The van der Waals surface area contributed by atoms with E-state index in [2.05, 4.69) is 20.6 Å². The van der Waals surface area contributed by atoms with Crippen molar-refractivity contribution in [3.63, 3.8) is 0 Å². The number of ether oxygens (including phenoxy) is 3. The number of nitrogens with zero attached hydrogens (tertiary/aromatic N) is 2. The molecule has 0 radical (unpaired) electrons. The standard InChI is InChI=1S/C19H26N4O3/c1-20-19(23-13-15-8-9-21-18(12-15)26-4)22-10-7-14-5-6-16(24-2)17(11-14)25-3/h5-6,8-9,11-12H,7,10,13H2,1-4H3,(H2,20,22,23). The van der Waals surface area contributed by atoms with E-state index in [9.17, 15) is 0 Å². The molecule has 0 fully saturated rings. The maximum Gasteiger partial charge on any atom is 0.213 e. The van der Waals surface area contributed by atoms with Gasteiger partial charge in [-0.2, -0.15) is 0 Å². The van der Waals surface area contributed by atoms with Crippen molar-refractivity contribution >= 4 is 5.96 Å². The molecular formula is C19H26N4O3. The van der Waals surface area contributed by atoms with Crippen molar-refractivity contribution in [2.75, 3.05) is 34.9 Å². The first kappa shape index (κ1) is 19.4. The van der Waals surface area contributed by atoms with E-state index in [4.69, 9.17) is 14.2 Å². The van der Waals surface area contributed by atoms with Gasteiger partial charge >= 0.3 is 0 Å². The second-order valence-electron chi connectivity index (χ2n) is 5.50. The van der Waals surface area contributed by atoms with Crippen molar-refractivity contribution < 1.29 is 14.2 Å². The van der Waals surface area contributed by atoms with Crippen LogP contribution in [0.15, 0.2) is 41.5 Å². The zero-order valence-electron chi connectivity index (χ0n) is 15.7. The van der Waals surface area contributed by atoms with Gasteiger partial charge in [-0.15, -0.1) is 0 Å². The molecule has 0 aliphatic heterocycles. The minimum Gasteiger partial charge on any atom is -0.493 e. The molecule has 7 nitrogen and oxygen atoms in total. The molecular weight excluding hydrogens is 332 g/mol. The Kier molecular flexibility index (Phi) is 7.54. The summed E-state index contributed by atoms with van der Waals surface area (Å²) in [6.07, 6.45) is 2.56. The lowest BCUT2D eigenvalue weighted by Crippen LogP contribution is -2.37. The summed E-state index contributed by atoms with van der Waals surface area (Å²) < 4.78 is 15.7. The Morgan fingerprint density at radius 3 is 2.46 bits per heavy atom. The van der Waals surface area contributed by atoms with Gasteiger partial charge in [-0.1, -0.05) is 6.07 Å². The molecule has 7 heteroatoms. The first-order valence-electron chi connectivity index (χ1n) is 8.34. The zero-order valence-corrected chi connectivity index (χ0v) is 15.7. The number of rotatable bonds is 8. The van der Waals surface area contributed by atoms with Crippen LogP contribution in [0.4, 0.5) is 0 Å². The fraction of sp³-hybridized carbons (Fsp3) is 0.368. The van der Waals surface area contributed by atoms with Gasteiger partial charge in [0.05, 0.1) is 21.3 Å². The molecule has 0 aliphatic rings. The second-order valence-corrected chi connectivity index (χ2v) is 5.50. The molecule has 2 aromatic rings. The van der Waals surface area contributed by atoms with Crippen molar-refractivity contribution in [1.82, 2.24) is 15.6 Å². The van der Waals surface area contributed by atoms with Gasteiger partial charge < -0.3 is 24.8 Å². The Morgan fingerprint density at radius 2 is 1.77 bits per heavy atom. The summed E-state index contributed by atoms with van der Waals surface area (Å²) in [6.45, 7) is 1.38. The van der Waals surface area contributed by atoms with Gasteiger partial charge in [-0.25, -0.2) is 4.98 Å². The van der Waals surface area contributed by atoms with Crippen LogP contribution in [0.5, 0.6) is 17.4 Å². The number of nitrogens with one attached hydrogen (secondary N) is 2. The van der Waals surface area contributed by atoms with Crippen LogP contribution in [0, 0.1) is 0 Å². The Hall–Kier alpha value is -2.96. The molecule has 1 aromatic heterocycles. The first-order chi connectivity index (χ1) is 12.7. The number of benzene rings is 1. The van der Waals surface area contributed by atoms with Crippen LogP contribution in [0.2, 0.25) is 0 Å². The number of aromatic nitrogens is 1. The number of hydrogen-bond donors (Lipinski definition) is 2. The Bertz CT molecular complexity index is 734. The molecule has 1 heterocycles. The number of pyridine rings is 1. The van der Waals surface area contributed by atoms with Gasteiger partial charge in [-0.05, 0) is 35.7 Å². The van der Waals surface area contributed by atoms with Crippen molar-refractivity contribution in [2.24, 2.45) is 4.99 Å². The Labute approximate surface area is 154 Å². The van der Waals surface area contributed by atoms with Crippen LogP contribution in [-0.2, 0) is 13.0 Å². The molecule has 0 unspecified atom stereocenters. The van der Waals surface area contributed by atoms with Gasteiger partial charge in [0.1, 0.15) is 0 Å². The van der Waals surface area contributed by atoms with Crippen molar-refractivity contribution in [1.29, 1.82) is 0 Å². The number of hydrogen-bond acceptors (Lipinski definition) is 5. The third-order valence-corrected chi connectivity index (χ3v) is 3.85. The predicted molar refractivity (Wildman–Crippen MR) is 102 cm³/mol. The third kappa shape index (κ3) is 5.54. The summed E-state index contributed by atoms with van der Waals surface area (Å²) in [6, 6.07) is 9.76. The minimum atomic E-state index is 0.598. The monoisotopic (exact) mass is 358 g/mol. The van der Waals surface area contributed by atoms with E-state index in [1.807, 2.05) is 30.3 Å². The minimum absolute atomic E-state index is 0.598. The molecule has 26 heavy (non-hydrogen) atoms. The van der Waals surface area contributed by atoms with Gasteiger partial charge in [0.15, 0.2) is 17.5 Å². The summed E-state index contributed by atoms with van der Waals surface area (Å²) in [5.41, 5.74) is 2.23. The van der Waals surface area contributed by atoms with Crippen LogP contribution >= 0.6 is 0 Å². The highest BCUT2D eigenvalue weighted by Crippen LogP contribution is 2.27. The summed E-state index contributed by atoms with van der Waals surface area (Å²) >= 11 is 0. The molecule has 1 aromatic carbocycles. The normalized spacial score (nSPS) is 11.0. The van der Waals surface area contributed by atoms with E-state index in [0.29, 0.717) is 12.4 Å². The highest BCUT2D eigenvalue weighted by Gasteiger charge is 2.05. The fourth-order valence-electron chi connectivity index (χ4n) is 2.44. The number of aliphatic imine (C=N–C) groups is 1. The van der Waals surface area contributed by atoms with E-state index >= 15 is 0 Å². The lowest BCUT2D eigenvalue weighted by Gasteiger charge is -2.13. The molecule has 0 saturated carbocycles. The van der Waals surface area contributed by atoms with Crippen LogP contribution in [-0.4, -0.2) is 45.9 Å². The maximum absolute atomic E-state index is 5.34. The van der Waals surface area contributed by atoms with Gasteiger partial charge in [0.2, 0.25) is 5.88 Å². The molecule has 2 rings (SSSR count). The van der Waals surface area contributed by atoms with Crippen molar-refractivity contribution in [2.45, 2.75) is 13.0 Å². The summed E-state index contributed by atoms with van der Waals surface area (Å²) in [5.74, 6) is 2.80. The van der Waals surface area contributed by atoms with Crippen LogP contribution in [0.3, 0.4) is 0 Å². The average molecular weight is 358 g/mol. The molecule has 140 valence electrons. The third-order valence-electron chi connectivity index (χ3n) is 3.85. The van der Waals surface area contributed by atoms with Gasteiger partial charge in [-0.3, -0.25) is 4.99 Å². The lowest BCUT2D eigenvalue weighted by molar-refractivity contribution is 0.354. The molecule has 0 bridgehead atoms. The smallest absolute Gasteiger partial charge is 0.213 e. The Balaban J connectivity index is 1.83. The summed E-state index contributed by atoms with van der Waals surface area (Å²) in [7, 11) is 6.62. The van der Waals surface area contributed by atoms with E-state index in [1.165, 1.54) is 0 Å². The van der Waals surface area contributed by atoms with E-state index < -0.39 is 0 Å². The highest BCUT2D eigenvalue weighted by molar-refractivity contribution is 5.79. The Morgan fingerprint density at radius 1 is 0.962 bits per heavy atom. The molecule has 0 spiro atoms. The quantitative estimate of drug-likeness (QED) is 0.555. The van der Waals surface area contributed by atoms with Crippen LogP contribution in [0.25, 0.3) is 0 Å². The number of methoxy groups -OCH3 is 3. The summed E-state index contributed by atoms with van der Waals surface area (Å²) in [4.78, 5) is 8.34. The predicted octanol–water partition coefficient (Wildman–Crippen LogP) is 2.02. The van der Waals surface area contributed by atoms with Crippen LogP contribution < -0.4 is 24.8 Å². The molecule has 0 saturated heterocycles. The first-order valence-corrected chi connectivity index (χ1v) is 8.34. The summed E-state index contributed by atoms with van der Waals surface area (Å²) in [5, 5.41) is 6.58. The van der Waals surface area contributed by atoms with Crippen molar-refractivity contribution in [3.8, 4) is 17.4 Å². The SMILES string of the molecule is CN=C(NCCc1ccc(OC)c(OC)c1)NCc1ccnc(OC)c1. The van der Waals surface area contributed by atoms with E-state index in [0.717, 1.165) is 41.6 Å². The molecule has 0 amide bonds. The number of guanidine groups is 1. The maximum atomic E-state index is 5.34. The highest BCUT2D eigenvalue weighted by atomic mass is 16.5. The molecule has 0 aliphatic carbocycles. The molecule has 2 N–H and O–H groups in total. The van der Waals surface area contributed by atoms with Gasteiger partial charge in [0, 0.05) is 32.4 Å². The topological polar surface area (TPSA) is 77.0 Å². The zero-order chi connectivity index (χ0) is 18.8. The van der Waals surface area contributed by atoms with E-state index in [1.54, 1.807) is 34.6 Å². The van der Waals surface area contributed by atoms with Crippen molar-refractivity contribution in [3.05, 3.63) is 47.7 Å². The van der Waals surface area contributed by atoms with Gasteiger partial charge in [0.25, 0.3) is 0 Å². The second kappa shape index (κ2) is 10.1. The average Bonchev–Trinajstić information content (AvgIpc) is 2.70. The lowest BCUT2D eigenvalue weighted by atomic mass is 10.1. The van der Waals surface area contributed by atoms with Crippen LogP contribution in [0.1, 0.15) is 11.1 Å². The molecule has 0 atom stereocenters. The largest absolute Gasteiger partial charge is 0.493 e. The van der Waals surface area contributed by atoms with E-state index in [-0.39, 0.29) is 0 Å². The fourth-order valence-corrected chi connectivity index (χ4v) is 2.44.